The van der Waals surface area contributed by atoms with Crippen molar-refractivity contribution < 1.29 is 4.79 Å². The molecule has 0 fully saturated rings. The Kier molecular flexibility index (Phi) is 3.39. The molecule has 2 aromatic rings. The molecule has 0 aliphatic heterocycles. The van der Waals surface area contributed by atoms with E-state index in [1.165, 1.54) is 4.68 Å². The van der Waals surface area contributed by atoms with Gasteiger partial charge in [0, 0.05) is 12.7 Å². The molecule has 1 aromatic heterocycles. The molecule has 0 radical (unpaired) electrons. The molecule has 0 spiro atoms. The van der Waals surface area contributed by atoms with Crippen molar-refractivity contribution in [2.24, 2.45) is 7.05 Å². The van der Waals surface area contributed by atoms with Crippen LogP contribution in [0.1, 0.15) is 21.7 Å². The second-order valence-corrected chi connectivity index (χ2v) is 4.52. The van der Waals surface area contributed by atoms with E-state index in [2.05, 4.69) is 10.4 Å². The van der Waals surface area contributed by atoms with Gasteiger partial charge in [0.25, 0.3) is 5.91 Å². The van der Waals surface area contributed by atoms with Crippen LogP contribution < -0.4 is 5.32 Å². The largest absolute Gasteiger partial charge is 0.320 e. The molecule has 0 saturated carbocycles. The zero-order valence-corrected chi connectivity index (χ0v) is 11.2. The highest BCUT2D eigenvalue weighted by molar-refractivity contribution is 6.34. The van der Waals surface area contributed by atoms with Gasteiger partial charge in [0.1, 0.15) is 5.69 Å². The Balaban J connectivity index is 2.31. The first-order valence-electron chi connectivity index (χ1n) is 5.56. The Morgan fingerprint density at radius 3 is 2.56 bits per heavy atom. The fourth-order valence-electron chi connectivity index (χ4n) is 1.77. The van der Waals surface area contributed by atoms with Crippen LogP contribution in [0.25, 0.3) is 0 Å². The summed E-state index contributed by atoms with van der Waals surface area (Å²) >= 11 is 6.07. The maximum absolute atomic E-state index is 12.2. The number of benzene rings is 1. The van der Waals surface area contributed by atoms with Crippen molar-refractivity contribution in [3.63, 3.8) is 0 Å². The van der Waals surface area contributed by atoms with Gasteiger partial charge in [0.2, 0.25) is 0 Å². The van der Waals surface area contributed by atoms with E-state index in [0.29, 0.717) is 16.4 Å². The quantitative estimate of drug-likeness (QED) is 0.906. The van der Waals surface area contributed by atoms with Gasteiger partial charge in [-0.1, -0.05) is 29.8 Å². The smallest absolute Gasteiger partial charge is 0.275 e. The Labute approximate surface area is 111 Å². The maximum Gasteiger partial charge on any atom is 0.275 e. The number of nitrogens with one attached hydrogen (secondary N) is 1. The minimum absolute atomic E-state index is 0.252. The molecular formula is C13H14ClN3O. The van der Waals surface area contributed by atoms with E-state index < -0.39 is 0 Å². The second kappa shape index (κ2) is 4.82. The second-order valence-electron chi connectivity index (χ2n) is 4.14. The highest BCUT2D eigenvalue weighted by atomic mass is 35.5. The first-order valence-corrected chi connectivity index (χ1v) is 5.94. The molecule has 0 atom stereocenters. The van der Waals surface area contributed by atoms with Crippen molar-refractivity contribution in [1.82, 2.24) is 9.78 Å². The number of anilines is 1. The number of nitrogens with zero attached hydrogens (tertiary/aromatic N) is 2. The number of amides is 1. The summed E-state index contributed by atoms with van der Waals surface area (Å²) < 4.78 is 1.49. The molecule has 18 heavy (non-hydrogen) atoms. The SMILES string of the molecule is Cc1ccccc1NC(=O)c1c(Cl)c(C)nn1C. The van der Waals surface area contributed by atoms with Crippen molar-refractivity contribution in [3.8, 4) is 0 Å². The third-order valence-electron chi connectivity index (χ3n) is 2.76. The number of carbonyl (C=O) groups excluding carboxylic acids is 1. The van der Waals surface area contributed by atoms with E-state index in [1.54, 1.807) is 14.0 Å². The van der Waals surface area contributed by atoms with Gasteiger partial charge < -0.3 is 5.32 Å². The van der Waals surface area contributed by atoms with E-state index >= 15 is 0 Å². The van der Waals surface area contributed by atoms with Crippen molar-refractivity contribution in [1.29, 1.82) is 0 Å². The number of aryl methyl sites for hydroxylation is 3. The van der Waals surface area contributed by atoms with Gasteiger partial charge in [-0.15, -0.1) is 0 Å². The lowest BCUT2D eigenvalue weighted by atomic mass is 10.2. The third kappa shape index (κ3) is 2.24. The Hall–Kier alpha value is -1.81. The molecule has 5 heteroatoms. The molecule has 1 heterocycles. The average Bonchev–Trinajstić information content (AvgIpc) is 2.56. The standard InChI is InChI=1S/C13H14ClN3O/c1-8-6-4-5-7-10(8)15-13(18)12-11(14)9(2)16-17(12)3/h4-7H,1-3H3,(H,15,18). The summed E-state index contributed by atoms with van der Waals surface area (Å²) in [5, 5.41) is 7.35. The van der Waals surface area contributed by atoms with Gasteiger partial charge in [-0.05, 0) is 25.5 Å². The van der Waals surface area contributed by atoms with Crippen LogP contribution in [0.5, 0.6) is 0 Å². The summed E-state index contributed by atoms with van der Waals surface area (Å²) in [5.74, 6) is -0.252. The summed E-state index contributed by atoms with van der Waals surface area (Å²) in [4.78, 5) is 12.2. The van der Waals surface area contributed by atoms with Crippen LogP contribution in [-0.4, -0.2) is 15.7 Å². The molecule has 4 nitrogen and oxygen atoms in total. The van der Waals surface area contributed by atoms with E-state index in [9.17, 15) is 4.79 Å². The Morgan fingerprint density at radius 2 is 2.00 bits per heavy atom. The monoisotopic (exact) mass is 263 g/mol. The summed E-state index contributed by atoms with van der Waals surface area (Å²) in [5.41, 5.74) is 2.80. The minimum Gasteiger partial charge on any atom is -0.320 e. The van der Waals surface area contributed by atoms with Crippen LogP contribution in [0.4, 0.5) is 5.69 Å². The van der Waals surface area contributed by atoms with E-state index in [0.717, 1.165) is 11.3 Å². The molecule has 0 bridgehead atoms. The topological polar surface area (TPSA) is 46.9 Å². The molecule has 1 amide bonds. The number of carbonyl (C=O) groups is 1. The Bertz CT molecular complexity index is 604. The Morgan fingerprint density at radius 1 is 1.33 bits per heavy atom. The first kappa shape index (κ1) is 12.6. The zero-order chi connectivity index (χ0) is 13.3. The van der Waals surface area contributed by atoms with Gasteiger partial charge in [-0.25, -0.2) is 0 Å². The van der Waals surface area contributed by atoms with Gasteiger partial charge in [-0.2, -0.15) is 5.10 Å². The molecule has 2 rings (SSSR count). The van der Waals surface area contributed by atoms with E-state index in [4.69, 9.17) is 11.6 Å². The number of aromatic nitrogens is 2. The summed E-state index contributed by atoms with van der Waals surface area (Å²) in [6.07, 6.45) is 0. The normalized spacial score (nSPS) is 10.4. The maximum atomic E-state index is 12.2. The molecule has 1 aromatic carbocycles. The molecule has 0 aliphatic carbocycles. The van der Waals surface area contributed by atoms with Crippen molar-refractivity contribution in [2.45, 2.75) is 13.8 Å². The van der Waals surface area contributed by atoms with Crippen LogP contribution in [0.2, 0.25) is 5.02 Å². The molecule has 0 aliphatic rings. The average molecular weight is 264 g/mol. The fraction of sp³-hybridized carbons (Fsp3) is 0.231. The van der Waals surface area contributed by atoms with Gasteiger partial charge in [0.15, 0.2) is 0 Å². The molecule has 94 valence electrons. The van der Waals surface area contributed by atoms with Gasteiger partial charge in [0.05, 0.1) is 10.7 Å². The van der Waals surface area contributed by atoms with Gasteiger partial charge >= 0.3 is 0 Å². The number of para-hydroxylation sites is 1. The number of rotatable bonds is 2. The lowest BCUT2D eigenvalue weighted by Crippen LogP contribution is -2.17. The zero-order valence-electron chi connectivity index (χ0n) is 10.5. The number of hydrogen-bond donors (Lipinski definition) is 1. The third-order valence-corrected chi connectivity index (χ3v) is 3.21. The lowest BCUT2D eigenvalue weighted by Gasteiger charge is -2.08. The fourth-order valence-corrected chi connectivity index (χ4v) is 2.02. The van der Waals surface area contributed by atoms with Crippen LogP contribution in [0.3, 0.4) is 0 Å². The number of halogens is 1. The van der Waals surface area contributed by atoms with E-state index in [-0.39, 0.29) is 5.91 Å². The van der Waals surface area contributed by atoms with Crippen molar-refractivity contribution >= 4 is 23.2 Å². The molecule has 1 N–H and O–H groups in total. The molecular weight excluding hydrogens is 250 g/mol. The van der Waals surface area contributed by atoms with Crippen LogP contribution >= 0.6 is 11.6 Å². The lowest BCUT2D eigenvalue weighted by molar-refractivity contribution is 0.101. The predicted octanol–water partition coefficient (Wildman–Crippen LogP) is 2.94. The highest BCUT2D eigenvalue weighted by Crippen LogP contribution is 2.21. The van der Waals surface area contributed by atoms with Crippen molar-refractivity contribution in [3.05, 3.63) is 46.2 Å². The molecule has 0 unspecified atom stereocenters. The first-order chi connectivity index (χ1) is 8.50. The summed E-state index contributed by atoms with van der Waals surface area (Å²) in [7, 11) is 1.70. The van der Waals surface area contributed by atoms with Crippen molar-refractivity contribution in [2.75, 3.05) is 5.32 Å². The number of hydrogen-bond acceptors (Lipinski definition) is 2. The summed E-state index contributed by atoms with van der Waals surface area (Å²) in [6.45, 7) is 3.71. The van der Waals surface area contributed by atoms with Gasteiger partial charge in [-0.3, -0.25) is 9.48 Å². The summed E-state index contributed by atoms with van der Waals surface area (Å²) in [6, 6.07) is 7.58. The van der Waals surface area contributed by atoms with Crippen LogP contribution in [-0.2, 0) is 7.05 Å². The van der Waals surface area contributed by atoms with Crippen LogP contribution in [0.15, 0.2) is 24.3 Å². The highest BCUT2D eigenvalue weighted by Gasteiger charge is 2.18. The minimum atomic E-state index is -0.252. The van der Waals surface area contributed by atoms with Crippen LogP contribution in [0, 0.1) is 13.8 Å². The van der Waals surface area contributed by atoms with E-state index in [1.807, 2.05) is 31.2 Å². The molecule has 0 saturated heterocycles. The predicted molar refractivity (Wildman–Crippen MR) is 72.1 cm³/mol.